The van der Waals surface area contributed by atoms with E-state index in [-0.39, 0.29) is 5.91 Å². The fraction of sp³-hybridized carbons (Fsp3) is 0.579. The van der Waals surface area contributed by atoms with Crippen LogP contribution in [0.15, 0.2) is 29.4 Å². The van der Waals surface area contributed by atoms with Crippen molar-refractivity contribution >= 4 is 17.7 Å². The molecule has 0 N–H and O–H groups in total. The molecule has 6 nitrogen and oxygen atoms in total. The number of aromatic nitrogens is 4. The molecule has 3 rings (SSSR count). The van der Waals surface area contributed by atoms with Gasteiger partial charge in [0.05, 0.1) is 11.4 Å². The molecule has 1 aliphatic heterocycles. The van der Waals surface area contributed by atoms with Gasteiger partial charge in [-0.05, 0) is 52.3 Å². The molecule has 1 fully saturated rings. The normalized spacial score (nSPS) is 20.6. The van der Waals surface area contributed by atoms with Gasteiger partial charge in [-0.15, -0.1) is 5.10 Å². The summed E-state index contributed by atoms with van der Waals surface area (Å²) in [5, 5.41) is 12.6. The van der Waals surface area contributed by atoms with Crippen LogP contribution in [0.2, 0.25) is 0 Å². The Kier molecular flexibility index (Phi) is 5.96. The maximum absolute atomic E-state index is 12.6. The molecule has 2 heterocycles. The first-order valence-corrected chi connectivity index (χ1v) is 10.2. The van der Waals surface area contributed by atoms with Gasteiger partial charge >= 0.3 is 0 Å². The highest BCUT2D eigenvalue weighted by atomic mass is 32.2. The number of benzene rings is 1. The molecule has 2 atom stereocenters. The van der Waals surface area contributed by atoms with Gasteiger partial charge in [-0.2, -0.15) is 4.68 Å². The number of carbonyl (C=O) groups is 1. The third-order valence-corrected chi connectivity index (χ3v) is 5.70. The smallest absolute Gasteiger partial charge is 0.233 e. The number of piperidine rings is 1. The Hall–Kier alpha value is -1.89. The largest absolute Gasteiger partial charge is 0.341 e. The Morgan fingerprint density at radius 1 is 1.19 bits per heavy atom. The van der Waals surface area contributed by atoms with E-state index in [1.54, 1.807) is 4.68 Å². The third kappa shape index (κ3) is 4.44. The average molecular weight is 374 g/mol. The number of hydrogen-bond donors (Lipinski definition) is 0. The fourth-order valence-electron chi connectivity index (χ4n) is 3.52. The van der Waals surface area contributed by atoms with E-state index in [2.05, 4.69) is 55.4 Å². The zero-order valence-corrected chi connectivity index (χ0v) is 16.7. The standard InChI is InChI=1S/C19H27N5OS/c1-13(2)16-5-7-17(8-6-16)24-19(20-21-22-24)26-12-18(25)23-10-14(3)9-15(4)11-23/h5-8,13-15H,9-12H2,1-4H3/t14-,15+. The molecular formula is C19H27N5OS. The van der Waals surface area contributed by atoms with Gasteiger partial charge in [0.15, 0.2) is 0 Å². The number of amides is 1. The predicted molar refractivity (Wildman–Crippen MR) is 103 cm³/mol. The number of thioether (sulfide) groups is 1. The maximum Gasteiger partial charge on any atom is 0.233 e. The lowest BCUT2D eigenvalue weighted by Crippen LogP contribution is -2.43. The summed E-state index contributed by atoms with van der Waals surface area (Å²) >= 11 is 1.40. The minimum Gasteiger partial charge on any atom is -0.341 e. The van der Waals surface area contributed by atoms with Crippen LogP contribution in [0.1, 0.15) is 45.6 Å². The lowest BCUT2D eigenvalue weighted by Gasteiger charge is -2.34. The molecule has 0 bridgehead atoms. The molecule has 1 amide bonds. The second kappa shape index (κ2) is 8.20. The lowest BCUT2D eigenvalue weighted by molar-refractivity contribution is -0.130. The van der Waals surface area contributed by atoms with Crippen molar-refractivity contribution in [2.24, 2.45) is 11.8 Å². The Balaban J connectivity index is 1.64. The van der Waals surface area contributed by atoms with Crippen molar-refractivity contribution in [1.29, 1.82) is 0 Å². The molecule has 0 unspecified atom stereocenters. The summed E-state index contributed by atoms with van der Waals surface area (Å²) in [6.45, 7) is 10.5. The van der Waals surface area contributed by atoms with Crippen molar-refractivity contribution in [2.75, 3.05) is 18.8 Å². The van der Waals surface area contributed by atoms with Crippen LogP contribution in [0.3, 0.4) is 0 Å². The molecule has 26 heavy (non-hydrogen) atoms. The first-order chi connectivity index (χ1) is 12.4. The molecule has 0 saturated carbocycles. The Bertz CT molecular complexity index is 733. The van der Waals surface area contributed by atoms with E-state index in [1.807, 2.05) is 17.0 Å². The first-order valence-electron chi connectivity index (χ1n) is 9.23. The second-order valence-electron chi connectivity index (χ2n) is 7.65. The molecule has 0 radical (unpaired) electrons. The summed E-state index contributed by atoms with van der Waals surface area (Å²) in [4.78, 5) is 14.6. The number of rotatable bonds is 5. The number of tetrazole rings is 1. The highest BCUT2D eigenvalue weighted by Crippen LogP contribution is 2.24. The summed E-state index contributed by atoms with van der Waals surface area (Å²) < 4.78 is 1.70. The fourth-order valence-corrected chi connectivity index (χ4v) is 4.31. The Labute approximate surface area is 159 Å². The molecule has 140 valence electrons. The molecule has 1 aromatic heterocycles. The highest BCUT2D eigenvalue weighted by Gasteiger charge is 2.25. The van der Waals surface area contributed by atoms with E-state index in [0.717, 1.165) is 18.8 Å². The van der Waals surface area contributed by atoms with Crippen LogP contribution >= 0.6 is 11.8 Å². The van der Waals surface area contributed by atoms with E-state index in [0.29, 0.717) is 28.7 Å². The molecule has 1 aromatic carbocycles. The topological polar surface area (TPSA) is 63.9 Å². The van der Waals surface area contributed by atoms with Crippen LogP contribution in [-0.2, 0) is 4.79 Å². The van der Waals surface area contributed by atoms with E-state index in [9.17, 15) is 4.79 Å². The zero-order chi connectivity index (χ0) is 18.7. The number of likely N-dealkylation sites (tertiary alicyclic amines) is 1. The van der Waals surface area contributed by atoms with E-state index < -0.39 is 0 Å². The maximum atomic E-state index is 12.6. The molecular weight excluding hydrogens is 346 g/mol. The van der Waals surface area contributed by atoms with E-state index >= 15 is 0 Å². The molecule has 0 aliphatic carbocycles. The van der Waals surface area contributed by atoms with Crippen molar-refractivity contribution in [2.45, 2.75) is 45.2 Å². The first kappa shape index (κ1) is 18.9. The monoisotopic (exact) mass is 373 g/mol. The Morgan fingerprint density at radius 3 is 2.46 bits per heavy atom. The van der Waals surface area contributed by atoms with Gasteiger partial charge < -0.3 is 4.90 Å². The van der Waals surface area contributed by atoms with Gasteiger partial charge in [-0.1, -0.05) is 51.6 Å². The van der Waals surface area contributed by atoms with Gasteiger partial charge in [0, 0.05) is 13.1 Å². The van der Waals surface area contributed by atoms with Crippen LogP contribution < -0.4 is 0 Å². The number of hydrogen-bond acceptors (Lipinski definition) is 5. The summed E-state index contributed by atoms with van der Waals surface area (Å²) in [6.07, 6.45) is 1.20. The minimum atomic E-state index is 0.165. The van der Waals surface area contributed by atoms with Gasteiger partial charge in [-0.3, -0.25) is 4.79 Å². The minimum absolute atomic E-state index is 0.165. The highest BCUT2D eigenvalue weighted by molar-refractivity contribution is 7.99. The van der Waals surface area contributed by atoms with Crippen molar-refractivity contribution in [3.63, 3.8) is 0 Å². The van der Waals surface area contributed by atoms with Crippen LogP contribution in [0.25, 0.3) is 5.69 Å². The third-order valence-electron chi connectivity index (χ3n) is 4.79. The van der Waals surface area contributed by atoms with Crippen LogP contribution in [0.5, 0.6) is 0 Å². The van der Waals surface area contributed by atoms with Crippen molar-refractivity contribution in [1.82, 2.24) is 25.1 Å². The van der Waals surface area contributed by atoms with Crippen LogP contribution in [-0.4, -0.2) is 49.9 Å². The molecule has 0 spiro atoms. The summed E-state index contributed by atoms with van der Waals surface area (Å²) in [6, 6.07) is 8.23. The summed E-state index contributed by atoms with van der Waals surface area (Å²) in [7, 11) is 0. The van der Waals surface area contributed by atoms with Crippen LogP contribution in [0, 0.1) is 11.8 Å². The van der Waals surface area contributed by atoms with E-state index in [1.165, 1.54) is 23.7 Å². The van der Waals surface area contributed by atoms with E-state index in [4.69, 9.17) is 0 Å². The molecule has 7 heteroatoms. The van der Waals surface area contributed by atoms with Gasteiger partial charge in [0.2, 0.25) is 11.1 Å². The Morgan fingerprint density at radius 2 is 1.85 bits per heavy atom. The van der Waals surface area contributed by atoms with Crippen LogP contribution in [0.4, 0.5) is 0 Å². The quantitative estimate of drug-likeness (QED) is 0.752. The molecule has 2 aromatic rings. The second-order valence-corrected chi connectivity index (χ2v) is 8.60. The lowest BCUT2D eigenvalue weighted by atomic mass is 9.92. The number of nitrogens with zero attached hydrogens (tertiary/aromatic N) is 5. The SMILES string of the molecule is CC(C)c1ccc(-n2nnnc2SCC(=O)N2C[C@H](C)C[C@H](C)C2)cc1. The average Bonchev–Trinajstić information content (AvgIpc) is 3.07. The summed E-state index contributed by atoms with van der Waals surface area (Å²) in [5.74, 6) is 2.15. The van der Waals surface area contributed by atoms with Gasteiger partial charge in [0.25, 0.3) is 0 Å². The molecule has 1 aliphatic rings. The van der Waals surface area contributed by atoms with Crippen molar-refractivity contribution in [3.8, 4) is 5.69 Å². The zero-order valence-electron chi connectivity index (χ0n) is 15.9. The number of carbonyl (C=O) groups excluding carboxylic acids is 1. The van der Waals surface area contributed by atoms with Gasteiger partial charge in [0.1, 0.15) is 0 Å². The van der Waals surface area contributed by atoms with Crippen molar-refractivity contribution in [3.05, 3.63) is 29.8 Å². The van der Waals surface area contributed by atoms with Crippen molar-refractivity contribution < 1.29 is 4.79 Å². The molecule has 1 saturated heterocycles. The summed E-state index contributed by atoms with van der Waals surface area (Å²) in [5.41, 5.74) is 2.19. The predicted octanol–water partition coefficient (Wildman–Crippen LogP) is 3.38. The van der Waals surface area contributed by atoms with Gasteiger partial charge in [-0.25, -0.2) is 0 Å².